The van der Waals surface area contributed by atoms with Crippen molar-refractivity contribution >= 4 is 12.4 Å². The first-order valence-corrected chi connectivity index (χ1v) is 4.35. The first-order chi connectivity index (χ1) is 5.88. The fraction of sp³-hybridized carbons (Fsp3) is 0.400. The number of hydrogen-bond acceptors (Lipinski definition) is 2. The molecule has 0 aromatic heterocycles. The monoisotopic (exact) mass is 199 g/mol. The van der Waals surface area contributed by atoms with Crippen molar-refractivity contribution in [2.45, 2.75) is 18.9 Å². The van der Waals surface area contributed by atoms with Gasteiger partial charge in [0, 0.05) is 11.6 Å². The fourth-order valence-corrected chi connectivity index (χ4v) is 1.56. The van der Waals surface area contributed by atoms with Gasteiger partial charge in [-0.05, 0) is 18.9 Å². The third-order valence-electron chi connectivity index (χ3n) is 2.24. The third kappa shape index (κ3) is 2.14. The number of rotatable bonds is 0. The molecule has 1 aromatic carbocycles. The quantitative estimate of drug-likeness (QED) is 0.696. The maximum absolute atomic E-state index is 5.97. The standard InChI is InChI=1S/C10H13NO.ClH/c11-9-5-3-7-12-10-6-2-1-4-8(9)10;/h1-2,4,6,9H,3,5,7,11H2;1H. The van der Waals surface area contributed by atoms with Gasteiger partial charge >= 0.3 is 0 Å². The van der Waals surface area contributed by atoms with Gasteiger partial charge in [-0.25, -0.2) is 0 Å². The van der Waals surface area contributed by atoms with Crippen LogP contribution in [0.2, 0.25) is 0 Å². The highest BCUT2D eigenvalue weighted by Gasteiger charge is 2.14. The molecule has 3 heteroatoms. The summed E-state index contributed by atoms with van der Waals surface area (Å²) in [5.74, 6) is 0.961. The van der Waals surface area contributed by atoms with Crippen molar-refractivity contribution in [2.75, 3.05) is 6.61 Å². The number of hydrogen-bond donors (Lipinski definition) is 1. The summed E-state index contributed by atoms with van der Waals surface area (Å²) in [6.07, 6.45) is 2.08. The van der Waals surface area contributed by atoms with Crippen molar-refractivity contribution in [2.24, 2.45) is 5.73 Å². The molecule has 1 aliphatic heterocycles. The average Bonchev–Trinajstić information content (AvgIpc) is 2.29. The van der Waals surface area contributed by atoms with Gasteiger partial charge < -0.3 is 10.5 Å². The van der Waals surface area contributed by atoms with Gasteiger partial charge in [0.25, 0.3) is 0 Å². The zero-order chi connectivity index (χ0) is 8.39. The molecule has 1 atom stereocenters. The summed E-state index contributed by atoms with van der Waals surface area (Å²) < 4.78 is 5.54. The minimum Gasteiger partial charge on any atom is -0.493 e. The van der Waals surface area contributed by atoms with E-state index in [9.17, 15) is 0 Å². The first-order valence-electron chi connectivity index (χ1n) is 4.35. The highest BCUT2D eigenvalue weighted by Crippen LogP contribution is 2.28. The lowest BCUT2D eigenvalue weighted by molar-refractivity contribution is 0.316. The van der Waals surface area contributed by atoms with Crippen molar-refractivity contribution < 1.29 is 4.74 Å². The summed E-state index contributed by atoms with van der Waals surface area (Å²) in [6, 6.07) is 8.18. The largest absolute Gasteiger partial charge is 0.493 e. The molecule has 0 saturated carbocycles. The number of nitrogens with two attached hydrogens (primary N) is 1. The van der Waals surface area contributed by atoms with Crippen LogP contribution in [0.25, 0.3) is 0 Å². The molecule has 2 rings (SSSR count). The van der Waals surface area contributed by atoms with Gasteiger partial charge in [0.05, 0.1) is 6.61 Å². The second kappa shape index (κ2) is 4.49. The molecule has 1 aromatic rings. The van der Waals surface area contributed by atoms with Crippen LogP contribution >= 0.6 is 12.4 Å². The highest BCUT2D eigenvalue weighted by atomic mass is 35.5. The Morgan fingerprint density at radius 3 is 2.92 bits per heavy atom. The van der Waals surface area contributed by atoms with Gasteiger partial charge in [-0.1, -0.05) is 18.2 Å². The summed E-state index contributed by atoms with van der Waals surface area (Å²) in [5.41, 5.74) is 7.11. The van der Waals surface area contributed by atoms with Gasteiger partial charge in [-0.15, -0.1) is 12.4 Å². The SMILES string of the molecule is Cl.NC1CCCOc2ccccc21. The van der Waals surface area contributed by atoms with Crippen molar-refractivity contribution in [3.8, 4) is 5.75 Å². The number of halogens is 1. The normalized spacial score (nSPS) is 20.5. The van der Waals surface area contributed by atoms with Crippen LogP contribution < -0.4 is 10.5 Å². The van der Waals surface area contributed by atoms with E-state index in [4.69, 9.17) is 10.5 Å². The number of ether oxygens (including phenoxy) is 1. The molecule has 0 saturated heterocycles. The number of fused-ring (bicyclic) bond motifs is 1. The molecule has 72 valence electrons. The van der Waals surface area contributed by atoms with Crippen LogP contribution in [0.15, 0.2) is 24.3 Å². The smallest absolute Gasteiger partial charge is 0.124 e. The zero-order valence-electron chi connectivity index (χ0n) is 7.40. The Morgan fingerprint density at radius 2 is 2.08 bits per heavy atom. The fourth-order valence-electron chi connectivity index (χ4n) is 1.56. The summed E-state index contributed by atoms with van der Waals surface area (Å²) in [4.78, 5) is 0. The maximum atomic E-state index is 5.97. The van der Waals surface area contributed by atoms with E-state index >= 15 is 0 Å². The van der Waals surface area contributed by atoms with Gasteiger partial charge in [-0.2, -0.15) is 0 Å². The van der Waals surface area contributed by atoms with Crippen molar-refractivity contribution in [3.63, 3.8) is 0 Å². The molecule has 0 spiro atoms. The molecule has 0 radical (unpaired) electrons. The van der Waals surface area contributed by atoms with E-state index in [0.29, 0.717) is 0 Å². The highest BCUT2D eigenvalue weighted by molar-refractivity contribution is 5.85. The Hall–Kier alpha value is -0.730. The van der Waals surface area contributed by atoms with E-state index < -0.39 is 0 Å². The summed E-state index contributed by atoms with van der Waals surface area (Å²) in [6.45, 7) is 0.796. The zero-order valence-corrected chi connectivity index (χ0v) is 8.22. The van der Waals surface area contributed by atoms with E-state index in [2.05, 4.69) is 0 Å². The molecular weight excluding hydrogens is 186 g/mol. The van der Waals surface area contributed by atoms with Crippen LogP contribution in [0.3, 0.4) is 0 Å². The van der Waals surface area contributed by atoms with E-state index in [1.165, 1.54) is 0 Å². The average molecular weight is 200 g/mol. The second-order valence-electron chi connectivity index (χ2n) is 3.14. The van der Waals surface area contributed by atoms with Crippen LogP contribution in [-0.4, -0.2) is 6.61 Å². The number of benzene rings is 1. The predicted molar refractivity (Wildman–Crippen MR) is 55.3 cm³/mol. The predicted octanol–water partition coefficient (Wildman–Crippen LogP) is 2.28. The van der Waals surface area contributed by atoms with E-state index in [1.54, 1.807) is 0 Å². The van der Waals surface area contributed by atoms with Crippen LogP contribution in [0, 0.1) is 0 Å². The van der Waals surface area contributed by atoms with Crippen LogP contribution in [0.5, 0.6) is 5.75 Å². The van der Waals surface area contributed by atoms with E-state index in [-0.39, 0.29) is 18.4 Å². The van der Waals surface area contributed by atoms with Gasteiger partial charge in [0.1, 0.15) is 5.75 Å². The molecule has 2 N–H and O–H groups in total. The Balaban J connectivity index is 0.000000845. The van der Waals surface area contributed by atoms with Crippen LogP contribution in [0.1, 0.15) is 24.4 Å². The summed E-state index contributed by atoms with van der Waals surface area (Å²) in [7, 11) is 0. The Kier molecular flexibility index (Phi) is 3.58. The van der Waals surface area contributed by atoms with E-state index in [1.807, 2.05) is 24.3 Å². The van der Waals surface area contributed by atoms with Gasteiger partial charge in [0.2, 0.25) is 0 Å². The molecule has 0 bridgehead atoms. The molecule has 0 fully saturated rings. The molecule has 0 aliphatic carbocycles. The Morgan fingerprint density at radius 1 is 1.31 bits per heavy atom. The topological polar surface area (TPSA) is 35.2 Å². The Labute approximate surface area is 84.5 Å². The number of para-hydroxylation sites is 1. The Bertz CT molecular complexity index is 277. The minimum absolute atomic E-state index is 0. The molecule has 0 amide bonds. The molecule has 2 nitrogen and oxygen atoms in total. The maximum Gasteiger partial charge on any atom is 0.124 e. The first kappa shape index (κ1) is 10.4. The van der Waals surface area contributed by atoms with Crippen molar-refractivity contribution in [1.82, 2.24) is 0 Å². The lowest BCUT2D eigenvalue weighted by Gasteiger charge is -2.10. The molecule has 13 heavy (non-hydrogen) atoms. The minimum atomic E-state index is 0. The van der Waals surface area contributed by atoms with Crippen LogP contribution in [-0.2, 0) is 0 Å². The molecule has 1 unspecified atom stereocenters. The van der Waals surface area contributed by atoms with Gasteiger partial charge in [0.15, 0.2) is 0 Å². The molecular formula is C10H14ClNO. The summed E-state index contributed by atoms with van der Waals surface area (Å²) >= 11 is 0. The van der Waals surface area contributed by atoms with Crippen molar-refractivity contribution in [3.05, 3.63) is 29.8 Å². The lowest BCUT2D eigenvalue weighted by Crippen LogP contribution is -2.08. The lowest BCUT2D eigenvalue weighted by atomic mass is 10.0. The second-order valence-corrected chi connectivity index (χ2v) is 3.14. The molecule has 1 heterocycles. The third-order valence-corrected chi connectivity index (χ3v) is 2.24. The summed E-state index contributed by atoms with van der Waals surface area (Å²) in [5, 5.41) is 0. The molecule has 1 aliphatic rings. The van der Waals surface area contributed by atoms with Crippen LogP contribution in [0.4, 0.5) is 0 Å². The van der Waals surface area contributed by atoms with Gasteiger partial charge in [-0.3, -0.25) is 0 Å². The van der Waals surface area contributed by atoms with E-state index in [0.717, 1.165) is 30.8 Å². The van der Waals surface area contributed by atoms with Crippen molar-refractivity contribution in [1.29, 1.82) is 0 Å².